The van der Waals surface area contributed by atoms with Crippen molar-refractivity contribution in [1.82, 2.24) is 9.47 Å². The van der Waals surface area contributed by atoms with Crippen LogP contribution in [0.5, 0.6) is 5.75 Å². The Morgan fingerprint density at radius 2 is 1.88 bits per heavy atom. The molecule has 1 saturated heterocycles. The zero-order valence-corrected chi connectivity index (χ0v) is 14.4. The van der Waals surface area contributed by atoms with E-state index in [-0.39, 0.29) is 42.7 Å². The number of nitrogens with zero attached hydrogens (tertiary/aromatic N) is 2. The predicted molar refractivity (Wildman–Crippen MR) is 93.2 cm³/mol. The maximum atomic E-state index is 12.9. The number of pyridine rings is 1. The summed E-state index contributed by atoms with van der Waals surface area (Å²) in [6, 6.07) is 7.07. The fourth-order valence-corrected chi connectivity index (χ4v) is 2.94. The Morgan fingerprint density at radius 1 is 1.19 bits per heavy atom. The number of benzene rings is 1. The zero-order chi connectivity index (χ0) is 18.5. The zero-order valence-electron chi connectivity index (χ0n) is 14.4. The molecule has 1 fully saturated rings. The molecule has 7 heteroatoms. The highest BCUT2D eigenvalue weighted by Gasteiger charge is 2.19. The van der Waals surface area contributed by atoms with Gasteiger partial charge in [0, 0.05) is 24.8 Å². The highest BCUT2D eigenvalue weighted by molar-refractivity contribution is 5.76. The van der Waals surface area contributed by atoms with Crippen molar-refractivity contribution in [2.45, 2.75) is 32.6 Å². The summed E-state index contributed by atoms with van der Waals surface area (Å²) in [6.07, 6.45) is 3.44. The number of aliphatic hydroxyl groups excluding tert-OH is 1. The maximum Gasteiger partial charge on any atom is 0.242 e. The number of carbonyl (C=O) groups is 1. The van der Waals surface area contributed by atoms with Gasteiger partial charge in [0.15, 0.2) is 5.75 Å². The molecular formula is C19H21FN2O4. The number of hydrogen-bond acceptors (Lipinski definition) is 4. The largest absolute Gasteiger partial charge is 0.483 e. The molecular weight excluding hydrogens is 339 g/mol. The molecule has 3 rings (SSSR count). The molecule has 2 heterocycles. The van der Waals surface area contributed by atoms with Crippen molar-refractivity contribution in [2.24, 2.45) is 0 Å². The van der Waals surface area contributed by atoms with Crippen molar-refractivity contribution in [3.63, 3.8) is 0 Å². The molecule has 1 amide bonds. The van der Waals surface area contributed by atoms with E-state index in [9.17, 15) is 19.1 Å². The van der Waals surface area contributed by atoms with Crippen LogP contribution < -0.4 is 10.2 Å². The summed E-state index contributed by atoms with van der Waals surface area (Å²) in [7, 11) is 0. The third kappa shape index (κ3) is 4.29. The SMILES string of the molecule is O=C(Cn1cc(OCc2ccc(F)cc2)c(=O)cc1CO)N1CCCC1. The third-order valence-corrected chi connectivity index (χ3v) is 4.42. The number of halogens is 1. The highest BCUT2D eigenvalue weighted by atomic mass is 19.1. The van der Waals surface area contributed by atoms with Crippen LogP contribution in [0.3, 0.4) is 0 Å². The summed E-state index contributed by atoms with van der Waals surface area (Å²) < 4.78 is 20.0. The number of likely N-dealkylation sites (tertiary alicyclic amines) is 1. The summed E-state index contributed by atoms with van der Waals surface area (Å²) in [5.74, 6) is -0.310. The molecule has 1 aromatic heterocycles. The Bertz CT molecular complexity index is 826. The van der Waals surface area contributed by atoms with Gasteiger partial charge in [0.2, 0.25) is 11.3 Å². The van der Waals surface area contributed by atoms with Crippen LogP contribution in [0.15, 0.2) is 41.3 Å². The lowest BCUT2D eigenvalue weighted by Gasteiger charge is -2.19. The first-order chi connectivity index (χ1) is 12.6. The van der Waals surface area contributed by atoms with Crippen LogP contribution >= 0.6 is 0 Å². The Balaban J connectivity index is 1.76. The Labute approximate surface area is 150 Å². The molecule has 1 aliphatic rings. The molecule has 0 spiro atoms. The fraction of sp³-hybridized carbons (Fsp3) is 0.368. The van der Waals surface area contributed by atoms with Crippen molar-refractivity contribution >= 4 is 5.91 Å². The molecule has 1 aromatic carbocycles. The minimum Gasteiger partial charge on any atom is -0.483 e. The maximum absolute atomic E-state index is 12.9. The molecule has 0 atom stereocenters. The van der Waals surface area contributed by atoms with Gasteiger partial charge in [-0.3, -0.25) is 9.59 Å². The highest BCUT2D eigenvalue weighted by Crippen LogP contribution is 2.13. The van der Waals surface area contributed by atoms with Crippen molar-refractivity contribution in [1.29, 1.82) is 0 Å². The van der Waals surface area contributed by atoms with Crippen LogP contribution in [-0.2, 0) is 24.6 Å². The summed E-state index contributed by atoms with van der Waals surface area (Å²) >= 11 is 0. The summed E-state index contributed by atoms with van der Waals surface area (Å²) in [6.45, 7) is 1.28. The molecule has 0 aliphatic carbocycles. The van der Waals surface area contributed by atoms with Gasteiger partial charge in [-0.25, -0.2) is 4.39 Å². The van der Waals surface area contributed by atoms with Gasteiger partial charge in [0.05, 0.1) is 12.8 Å². The number of aliphatic hydroxyl groups is 1. The monoisotopic (exact) mass is 360 g/mol. The minimum atomic E-state index is -0.374. The summed E-state index contributed by atoms with van der Waals surface area (Å²) in [4.78, 5) is 26.3. The lowest BCUT2D eigenvalue weighted by molar-refractivity contribution is -0.130. The van der Waals surface area contributed by atoms with Crippen LogP contribution in [0.25, 0.3) is 0 Å². The van der Waals surface area contributed by atoms with Crippen LogP contribution in [0, 0.1) is 5.82 Å². The smallest absolute Gasteiger partial charge is 0.242 e. The first kappa shape index (κ1) is 18.1. The normalized spacial score (nSPS) is 13.8. The number of ether oxygens (including phenoxy) is 1. The van der Waals surface area contributed by atoms with Crippen LogP contribution in [-0.4, -0.2) is 33.6 Å². The van der Waals surface area contributed by atoms with Crippen molar-refractivity contribution in [3.8, 4) is 5.75 Å². The second kappa shape index (κ2) is 8.14. The summed E-state index contributed by atoms with van der Waals surface area (Å²) in [5, 5.41) is 9.48. The van der Waals surface area contributed by atoms with Crippen molar-refractivity contribution in [3.05, 3.63) is 63.8 Å². The van der Waals surface area contributed by atoms with E-state index in [1.54, 1.807) is 21.6 Å². The topological polar surface area (TPSA) is 71.8 Å². The Morgan fingerprint density at radius 3 is 2.54 bits per heavy atom. The van der Waals surface area contributed by atoms with Gasteiger partial charge in [-0.1, -0.05) is 12.1 Å². The van der Waals surface area contributed by atoms with Gasteiger partial charge in [-0.15, -0.1) is 0 Å². The molecule has 0 saturated carbocycles. The summed E-state index contributed by atoms with van der Waals surface area (Å²) in [5.41, 5.74) is 0.703. The average Bonchev–Trinajstić information content (AvgIpc) is 3.18. The first-order valence-electron chi connectivity index (χ1n) is 8.56. The standard InChI is InChI=1S/C19H21FN2O4/c20-15-5-3-14(4-6-15)13-26-18-10-22(16(12-23)9-17(18)24)11-19(25)21-7-1-2-8-21/h3-6,9-10,23H,1-2,7-8,11-13H2. The van der Waals surface area contributed by atoms with E-state index in [1.165, 1.54) is 24.4 Å². The minimum absolute atomic E-state index is 0.0447. The van der Waals surface area contributed by atoms with Crippen LogP contribution in [0.1, 0.15) is 24.1 Å². The molecule has 0 bridgehead atoms. The van der Waals surface area contributed by atoms with Crippen molar-refractivity contribution < 1.29 is 19.0 Å². The van der Waals surface area contributed by atoms with E-state index in [0.29, 0.717) is 5.69 Å². The molecule has 26 heavy (non-hydrogen) atoms. The fourth-order valence-electron chi connectivity index (χ4n) is 2.94. The third-order valence-electron chi connectivity index (χ3n) is 4.42. The van der Waals surface area contributed by atoms with Crippen LogP contribution in [0.4, 0.5) is 4.39 Å². The lowest BCUT2D eigenvalue weighted by Crippen LogP contribution is -2.32. The van der Waals surface area contributed by atoms with Crippen molar-refractivity contribution in [2.75, 3.05) is 13.1 Å². The van der Waals surface area contributed by atoms with E-state index in [0.717, 1.165) is 31.5 Å². The van der Waals surface area contributed by atoms with E-state index in [2.05, 4.69) is 0 Å². The molecule has 138 valence electrons. The van der Waals surface area contributed by atoms with Gasteiger partial charge in [-0.2, -0.15) is 0 Å². The van der Waals surface area contributed by atoms with Gasteiger partial charge in [0.25, 0.3) is 0 Å². The Kier molecular flexibility index (Phi) is 5.68. The van der Waals surface area contributed by atoms with Gasteiger partial charge in [0.1, 0.15) is 19.0 Å². The number of carbonyl (C=O) groups excluding carboxylic acids is 1. The average molecular weight is 360 g/mol. The van der Waals surface area contributed by atoms with E-state index < -0.39 is 0 Å². The molecule has 6 nitrogen and oxygen atoms in total. The number of amides is 1. The quantitative estimate of drug-likeness (QED) is 0.851. The molecule has 0 unspecified atom stereocenters. The second-order valence-corrected chi connectivity index (χ2v) is 6.28. The predicted octanol–water partition coefficient (Wildman–Crippen LogP) is 1.68. The number of hydrogen-bond donors (Lipinski definition) is 1. The first-order valence-corrected chi connectivity index (χ1v) is 8.56. The Hall–Kier alpha value is -2.67. The van der Waals surface area contributed by atoms with Crippen LogP contribution in [0.2, 0.25) is 0 Å². The van der Waals surface area contributed by atoms with Gasteiger partial charge < -0.3 is 19.3 Å². The van der Waals surface area contributed by atoms with E-state index in [1.807, 2.05) is 0 Å². The lowest BCUT2D eigenvalue weighted by atomic mass is 10.2. The number of rotatable bonds is 6. The number of aromatic nitrogens is 1. The molecule has 0 radical (unpaired) electrons. The van der Waals surface area contributed by atoms with E-state index >= 15 is 0 Å². The second-order valence-electron chi connectivity index (χ2n) is 6.28. The molecule has 1 aliphatic heterocycles. The van der Waals surface area contributed by atoms with Gasteiger partial charge >= 0.3 is 0 Å². The molecule has 1 N–H and O–H groups in total. The van der Waals surface area contributed by atoms with E-state index in [4.69, 9.17) is 4.74 Å². The van der Waals surface area contributed by atoms with Gasteiger partial charge in [-0.05, 0) is 30.5 Å². The molecule has 2 aromatic rings.